The van der Waals surface area contributed by atoms with Crippen molar-refractivity contribution in [2.24, 2.45) is 0 Å². The van der Waals surface area contributed by atoms with Crippen LogP contribution in [0.15, 0.2) is 42.5 Å². The Morgan fingerprint density at radius 3 is 2.86 bits per heavy atom. The molecular weight excluding hydrogens is 296 g/mol. The van der Waals surface area contributed by atoms with Crippen molar-refractivity contribution in [2.75, 3.05) is 0 Å². The number of hydrogen-bond donors (Lipinski definition) is 2. The van der Waals surface area contributed by atoms with Crippen molar-refractivity contribution >= 4 is 17.5 Å². The molecule has 3 nitrogen and oxygen atoms in total. The summed E-state index contributed by atoms with van der Waals surface area (Å²) >= 11 is 5.98. The van der Waals surface area contributed by atoms with Crippen molar-refractivity contribution in [3.63, 3.8) is 0 Å². The van der Waals surface area contributed by atoms with Gasteiger partial charge >= 0.3 is 0 Å². The molecule has 1 unspecified atom stereocenters. The molecule has 1 aliphatic heterocycles. The third-order valence-electron chi connectivity index (χ3n) is 4.11. The molecule has 1 heterocycles. The number of nitrogens with one attached hydrogen (secondary N) is 2. The fourth-order valence-corrected chi connectivity index (χ4v) is 2.93. The van der Waals surface area contributed by atoms with Crippen LogP contribution in [0, 0.1) is 0 Å². The van der Waals surface area contributed by atoms with Crippen LogP contribution in [0.25, 0.3) is 0 Å². The zero-order valence-electron chi connectivity index (χ0n) is 12.5. The molecule has 1 amide bonds. The smallest absolute Gasteiger partial charge is 0.227 e. The molecule has 0 bridgehead atoms. The summed E-state index contributed by atoms with van der Waals surface area (Å²) in [5.41, 5.74) is 4.74. The average Bonchev–Trinajstić information content (AvgIpc) is 2.99. The van der Waals surface area contributed by atoms with Gasteiger partial charge in [0.1, 0.15) is 0 Å². The van der Waals surface area contributed by atoms with Crippen LogP contribution >= 0.6 is 11.6 Å². The maximum absolute atomic E-state index is 12.3. The first-order valence-electron chi connectivity index (χ1n) is 7.48. The Bertz CT molecular complexity index is 699. The monoisotopic (exact) mass is 314 g/mol. The van der Waals surface area contributed by atoms with Crippen molar-refractivity contribution in [3.8, 4) is 0 Å². The van der Waals surface area contributed by atoms with Gasteiger partial charge in [0.25, 0.3) is 0 Å². The summed E-state index contributed by atoms with van der Waals surface area (Å²) in [5, 5.41) is 6.99. The Balaban J connectivity index is 1.62. The second-order valence-electron chi connectivity index (χ2n) is 5.70. The van der Waals surface area contributed by atoms with Crippen molar-refractivity contribution in [1.29, 1.82) is 0 Å². The van der Waals surface area contributed by atoms with E-state index in [0.717, 1.165) is 24.2 Å². The van der Waals surface area contributed by atoms with E-state index < -0.39 is 0 Å². The first-order valence-corrected chi connectivity index (χ1v) is 7.86. The molecule has 0 spiro atoms. The van der Waals surface area contributed by atoms with Crippen molar-refractivity contribution in [1.82, 2.24) is 10.6 Å². The van der Waals surface area contributed by atoms with Gasteiger partial charge in [-0.3, -0.25) is 4.79 Å². The predicted octanol–water partition coefficient (Wildman–Crippen LogP) is 3.36. The predicted molar refractivity (Wildman–Crippen MR) is 88.7 cm³/mol. The average molecular weight is 315 g/mol. The van der Waals surface area contributed by atoms with E-state index in [2.05, 4.69) is 28.8 Å². The fraction of sp³-hybridized carbons (Fsp3) is 0.278. The van der Waals surface area contributed by atoms with Crippen LogP contribution in [0.5, 0.6) is 0 Å². The lowest BCUT2D eigenvalue weighted by atomic mass is 10.0. The van der Waals surface area contributed by atoms with Gasteiger partial charge in [-0.25, -0.2) is 0 Å². The summed E-state index contributed by atoms with van der Waals surface area (Å²) in [5.74, 6) is -0.198. The minimum atomic E-state index is -0.213. The molecular formula is C18H19ClN2O. The van der Waals surface area contributed by atoms with Crippen LogP contribution in [-0.4, -0.2) is 5.91 Å². The number of amides is 1. The van der Waals surface area contributed by atoms with Gasteiger partial charge in [-0.2, -0.15) is 0 Å². The summed E-state index contributed by atoms with van der Waals surface area (Å²) in [6.45, 7) is 4.30. The standard InChI is InChI=1S/C18H19ClN2O/c1-12(14-3-2-4-17(19)8-14)18(22)21-9-13-5-6-15-10-20-11-16(15)7-13/h2-8,12,20H,9-11H2,1H3,(H,21,22). The number of hydrogen-bond acceptors (Lipinski definition) is 2. The highest BCUT2D eigenvalue weighted by Gasteiger charge is 2.16. The Morgan fingerprint density at radius 1 is 1.23 bits per heavy atom. The largest absolute Gasteiger partial charge is 0.352 e. The first-order chi connectivity index (χ1) is 10.6. The third kappa shape index (κ3) is 3.32. The zero-order valence-corrected chi connectivity index (χ0v) is 13.3. The van der Waals surface area contributed by atoms with Crippen LogP contribution in [0.4, 0.5) is 0 Å². The van der Waals surface area contributed by atoms with E-state index in [1.165, 1.54) is 11.1 Å². The van der Waals surface area contributed by atoms with Gasteiger partial charge in [0.05, 0.1) is 5.92 Å². The molecule has 3 rings (SSSR count). The number of halogens is 1. The number of benzene rings is 2. The molecule has 2 aromatic carbocycles. The third-order valence-corrected chi connectivity index (χ3v) is 4.35. The molecule has 4 heteroatoms. The number of carbonyl (C=O) groups excluding carboxylic acids is 1. The number of carbonyl (C=O) groups is 1. The van der Waals surface area contributed by atoms with E-state index in [-0.39, 0.29) is 11.8 Å². The van der Waals surface area contributed by atoms with Gasteiger partial charge in [-0.15, -0.1) is 0 Å². The summed E-state index contributed by atoms with van der Waals surface area (Å²) in [6.07, 6.45) is 0. The lowest BCUT2D eigenvalue weighted by Crippen LogP contribution is -2.27. The second kappa shape index (κ2) is 6.51. The maximum Gasteiger partial charge on any atom is 0.227 e. The fourth-order valence-electron chi connectivity index (χ4n) is 2.73. The van der Waals surface area contributed by atoms with Crippen molar-refractivity contribution in [3.05, 3.63) is 69.7 Å². The number of rotatable bonds is 4. The normalized spacial score (nSPS) is 14.5. The van der Waals surface area contributed by atoms with E-state index in [9.17, 15) is 4.79 Å². The molecule has 0 saturated carbocycles. The SMILES string of the molecule is CC(C(=O)NCc1ccc2c(c1)CNC2)c1cccc(Cl)c1. The maximum atomic E-state index is 12.3. The molecule has 0 aromatic heterocycles. The number of fused-ring (bicyclic) bond motifs is 1. The highest BCUT2D eigenvalue weighted by molar-refractivity contribution is 6.30. The van der Waals surface area contributed by atoms with Crippen LogP contribution < -0.4 is 10.6 Å². The molecule has 22 heavy (non-hydrogen) atoms. The Labute approximate surface area is 135 Å². The van der Waals surface area contributed by atoms with Gasteiger partial charge in [-0.1, -0.05) is 41.9 Å². The molecule has 2 N–H and O–H groups in total. The van der Waals surface area contributed by atoms with Gasteiger partial charge in [0.2, 0.25) is 5.91 Å². The minimum Gasteiger partial charge on any atom is -0.352 e. The summed E-state index contributed by atoms with van der Waals surface area (Å²) < 4.78 is 0. The quantitative estimate of drug-likeness (QED) is 0.908. The molecule has 0 saturated heterocycles. The lowest BCUT2D eigenvalue weighted by molar-refractivity contribution is -0.122. The molecule has 114 valence electrons. The molecule has 0 aliphatic carbocycles. The van der Waals surface area contributed by atoms with Gasteiger partial charge in [-0.05, 0) is 41.3 Å². The van der Waals surface area contributed by atoms with Crippen molar-refractivity contribution < 1.29 is 4.79 Å². The van der Waals surface area contributed by atoms with E-state index in [1.807, 2.05) is 31.2 Å². The van der Waals surface area contributed by atoms with E-state index >= 15 is 0 Å². The molecule has 0 fully saturated rings. The Morgan fingerprint density at radius 2 is 2.05 bits per heavy atom. The molecule has 2 aromatic rings. The summed E-state index contributed by atoms with van der Waals surface area (Å²) in [7, 11) is 0. The van der Waals surface area contributed by atoms with Gasteiger partial charge < -0.3 is 10.6 Å². The highest BCUT2D eigenvalue weighted by Crippen LogP contribution is 2.20. The minimum absolute atomic E-state index is 0.0147. The van der Waals surface area contributed by atoms with E-state index in [4.69, 9.17) is 11.6 Å². The Hall–Kier alpha value is -1.84. The summed E-state index contributed by atoms with van der Waals surface area (Å²) in [6, 6.07) is 13.8. The van der Waals surface area contributed by atoms with Crippen molar-refractivity contribution in [2.45, 2.75) is 32.5 Å². The lowest BCUT2D eigenvalue weighted by Gasteiger charge is -2.13. The van der Waals surface area contributed by atoms with Gasteiger partial charge in [0, 0.05) is 24.7 Å². The topological polar surface area (TPSA) is 41.1 Å². The van der Waals surface area contributed by atoms with Gasteiger partial charge in [0.15, 0.2) is 0 Å². The van der Waals surface area contributed by atoms with Crippen LogP contribution in [0.2, 0.25) is 5.02 Å². The zero-order chi connectivity index (χ0) is 15.5. The van der Waals surface area contributed by atoms with Crippen LogP contribution in [0.3, 0.4) is 0 Å². The van der Waals surface area contributed by atoms with Crippen LogP contribution in [0.1, 0.15) is 35.1 Å². The van der Waals surface area contributed by atoms with E-state index in [0.29, 0.717) is 11.6 Å². The highest BCUT2D eigenvalue weighted by atomic mass is 35.5. The first kappa shape index (κ1) is 15.1. The summed E-state index contributed by atoms with van der Waals surface area (Å²) in [4.78, 5) is 12.3. The Kier molecular flexibility index (Phi) is 4.46. The van der Waals surface area contributed by atoms with Crippen LogP contribution in [-0.2, 0) is 24.4 Å². The second-order valence-corrected chi connectivity index (χ2v) is 6.14. The van der Waals surface area contributed by atoms with E-state index in [1.54, 1.807) is 0 Å². The molecule has 0 radical (unpaired) electrons. The molecule has 1 atom stereocenters. The molecule has 1 aliphatic rings.